The molecule has 0 radical (unpaired) electrons. The van der Waals surface area contributed by atoms with Gasteiger partial charge in [-0.15, -0.1) is 0 Å². The van der Waals surface area contributed by atoms with Crippen LogP contribution in [-0.2, 0) is 23.0 Å². The largest absolute Gasteiger partial charge is 0.369 e. The molecule has 3 N–H and O–H groups in total. The average Bonchev–Trinajstić information content (AvgIpc) is 2.84. The van der Waals surface area contributed by atoms with Crippen molar-refractivity contribution in [3.05, 3.63) is 87.9 Å². The van der Waals surface area contributed by atoms with Gasteiger partial charge in [-0.2, -0.15) is 0 Å². The van der Waals surface area contributed by atoms with Gasteiger partial charge in [0.2, 0.25) is 0 Å². The van der Waals surface area contributed by atoms with Gasteiger partial charge in [-0.05, 0) is 60.0 Å². The van der Waals surface area contributed by atoms with Crippen LogP contribution in [-0.4, -0.2) is 34.6 Å². The Kier molecular flexibility index (Phi) is 8.61. The van der Waals surface area contributed by atoms with E-state index >= 15 is 0 Å². The lowest BCUT2D eigenvalue weighted by atomic mass is 9.99. The molecule has 3 aromatic carbocycles. The van der Waals surface area contributed by atoms with Gasteiger partial charge in [-0.3, -0.25) is 0 Å². The standard InChI is InChI=1S/C26H31BrN4O2S/c1-19(29-17-20-6-5-7-22(27)14-20)24-15-21(18-34(32)33)25(30-23-8-3-2-4-9-23)16-26(24)31-12-10-28-11-13-31/h2-9,14-16,19,28-30,34H,10-13,17-18H2,1H3. The molecule has 1 atom stereocenters. The van der Waals surface area contributed by atoms with E-state index in [1.807, 2.05) is 42.5 Å². The molecular weight excluding hydrogens is 512 g/mol. The number of rotatable bonds is 9. The van der Waals surface area contributed by atoms with Crippen molar-refractivity contribution in [1.29, 1.82) is 0 Å². The minimum atomic E-state index is -2.56. The summed E-state index contributed by atoms with van der Waals surface area (Å²) in [7, 11) is -2.56. The molecule has 1 heterocycles. The van der Waals surface area contributed by atoms with Crippen molar-refractivity contribution < 1.29 is 8.42 Å². The van der Waals surface area contributed by atoms with Crippen molar-refractivity contribution in [2.24, 2.45) is 0 Å². The van der Waals surface area contributed by atoms with Crippen molar-refractivity contribution >= 4 is 43.7 Å². The van der Waals surface area contributed by atoms with Crippen LogP contribution in [0, 0.1) is 0 Å². The van der Waals surface area contributed by atoms with Crippen LogP contribution in [0.5, 0.6) is 0 Å². The van der Waals surface area contributed by atoms with Crippen molar-refractivity contribution in [1.82, 2.24) is 10.6 Å². The molecule has 0 spiro atoms. The summed E-state index contributed by atoms with van der Waals surface area (Å²) in [5.74, 6) is -0.00229. The molecule has 1 fully saturated rings. The summed E-state index contributed by atoms with van der Waals surface area (Å²) >= 11 is 3.54. The van der Waals surface area contributed by atoms with Gasteiger partial charge in [0.15, 0.2) is 0 Å². The fourth-order valence-corrected chi connectivity index (χ4v) is 5.26. The highest BCUT2D eigenvalue weighted by Crippen LogP contribution is 2.35. The third kappa shape index (κ3) is 6.60. The van der Waals surface area contributed by atoms with E-state index in [4.69, 9.17) is 0 Å². The van der Waals surface area contributed by atoms with Crippen molar-refractivity contribution in [2.75, 3.05) is 36.4 Å². The smallest absolute Gasteiger partial charge is 0.144 e. The molecule has 8 heteroatoms. The number of nitrogens with one attached hydrogen (secondary N) is 3. The first-order valence-electron chi connectivity index (χ1n) is 11.5. The SMILES string of the molecule is CC(NCc1cccc(Br)c1)c1cc(C[SH](=O)=O)c(Nc2ccccc2)cc1N1CCNCC1. The maximum Gasteiger partial charge on any atom is 0.144 e. The van der Waals surface area contributed by atoms with Crippen LogP contribution in [0.3, 0.4) is 0 Å². The first kappa shape index (κ1) is 24.7. The van der Waals surface area contributed by atoms with Crippen LogP contribution < -0.4 is 20.9 Å². The zero-order valence-electron chi connectivity index (χ0n) is 19.3. The van der Waals surface area contributed by atoms with E-state index in [-0.39, 0.29) is 11.8 Å². The zero-order chi connectivity index (χ0) is 23.9. The second kappa shape index (κ2) is 11.8. The van der Waals surface area contributed by atoms with E-state index in [2.05, 4.69) is 68.0 Å². The molecule has 0 aromatic heterocycles. The topological polar surface area (TPSA) is 73.5 Å². The fraction of sp³-hybridized carbons (Fsp3) is 0.308. The zero-order valence-corrected chi connectivity index (χ0v) is 21.7. The maximum absolute atomic E-state index is 11.8. The molecule has 0 aliphatic carbocycles. The number of benzene rings is 3. The molecule has 1 aliphatic rings. The highest BCUT2D eigenvalue weighted by Gasteiger charge is 2.21. The third-order valence-corrected chi connectivity index (χ3v) is 7.12. The fourth-order valence-electron chi connectivity index (χ4n) is 4.27. The van der Waals surface area contributed by atoms with Gasteiger partial charge in [0.05, 0.1) is 5.75 Å². The predicted octanol–water partition coefficient (Wildman–Crippen LogP) is 4.56. The number of hydrogen-bond donors (Lipinski definition) is 4. The molecule has 4 rings (SSSR count). The lowest BCUT2D eigenvalue weighted by Crippen LogP contribution is -2.44. The Morgan fingerprint density at radius 2 is 1.79 bits per heavy atom. The second-order valence-corrected chi connectivity index (χ2v) is 10.4. The maximum atomic E-state index is 11.8. The first-order chi connectivity index (χ1) is 16.5. The molecule has 1 saturated heterocycles. The van der Waals surface area contributed by atoms with E-state index < -0.39 is 10.7 Å². The number of piperazine rings is 1. The Labute approximate surface area is 211 Å². The van der Waals surface area contributed by atoms with E-state index in [1.165, 1.54) is 5.56 Å². The van der Waals surface area contributed by atoms with Crippen LogP contribution >= 0.6 is 15.9 Å². The molecule has 34 heavy (non-hydrogen) atoms. The van der Waals surface area contributed by atoms with E-state index in [0.29, 0.717) is 0 Å². The number of para-hydroxylation sites is 1. The van der Waals surface area contributed by atoms with Crippen LogP contribution in [0.1, 0.15) is 29.7 Å². The normalized spacial score (nSPS) is 14.9. The van der Waals surface area contributed by atoms with E-state index in [1.54, 1.807) is 0 Å². The predicted molar refractivity (Wildman–Crippen MR) is 145 cm³/mol. The van der Waals surface area contributed by atoms with E-state index in [0.717, 1.165) is 65.4 Å². The Morgan fingerprint density at radius 1 is 1.03 bits per heavy atom. The van der Waals surface area contributed by atoms with Crippen molar-refractivity contribution in [2.45, 2.75) is 25.3 Å². The molecule has 1 unspecified atom stereocenters. The van der Waals surface area contributed by atoms with Crippen LogP contribution in [0.2, 0.25) is 0 Å². The van der Waals surface area contributed by atoms with Crippen LogP contribution in [0.15, 0.2) is 71.2 Å². The Morgan fingerprint density at radius 3 is 2.50 bits per heavy atom. The summed E-state index contributed by atoms with van der Waals surface area (Å²) < 4.78 is 24.6. The van der Waals surface area contributed by atoms with E-state index in [9.17, 15) is 8.42 Å². The molecule has 0 saturated carbocycles. The summed E-state index contributed by atoms with van der Waals surface area (Å²) in [4.78, 5) is 2.39. The highest BCUT2D eigenvalue weighted by atomic mass is 79.9. The summed E-state index contributed by atoms with van der Waals surface area (Å²) in [6, 6.07) is 22.4. The Hall–Kier alpha value is -2.39. The molecule has 0 bridgehead atoms. The van der Waals surface area contributed by atoms with Crippen LogP contribution in [0.25, 0.3) is 0 Å². The molecule has 3 aromatic rings. The first-order valence-corrected chi connectivity index (χ1v) is 13.7. The summed E-state index contributed by atoms with van der Waals surface area (Å²) in [6.07, 6.45) is 0. The average molecular weight is 544 g/mol. The number of thiol groups is 1. The number of anilines is 3. The molecule has 6 nitrogen and oxygen atoms in total. The number of halogens is 1. The summed E-state index contributed by atoms with van der Waals surface area (Å²) in [6.45, 7) is 6.53. The molecule has 0 amide bonds. The lowest BCUT2D eigenvalue weighted by molar-refractivity contribution is 0.559. The minimum Gasteiger partial charge on any atom is -0.369 e. The van der Waals surface area contributed by atoms with Crippen molar-refractivity contribution in [3.8, 4) is 0 Å². The van der Waals surface area contributed by atoms with Crippen molar-refractivity contribution in [3.63, 3.8) is 0 Å². The highest BCUT2D eigenvalue weighted by molar-refractivity contribution is 9.10. The molecular formula is C26H31BrN4O2S. The molecule has 180 valence electrons. The van der Waals surface area contributed by atoms with Crippen LogP contribution in [0.4, 0.5) is 17.1 Å². The summed E-state index contributed by atoms with van der Waals surface area (Å²) in [5.41, 5.74) is 5.99. The van der Waals surface area contributed by atoms with Gasteiger partial charge in [-0.1, -0.05) is 46.3 Å². The Balaban J connectivity index is 1.69. The molecule has 1 aliphatic heterocycles. The van der Waals surface area contributed by atoms with Gasteiger partial charge in [0, 0.05) is 60.3 Å². The minimum absolute atomic E-state index is 0.00229. The van der Waals surface area contributed by atoms with Gasteiger partial charge in [0.25, 0.3) is 0 Å². The monoisotopic (exact) mass is 542 g/mol. The third-order valence-electron chi connectivity index (χ3n) is 6.03. The van der Waals surface area contributed by atoms with Gasteiger partial charge < -0.3 is 20.9 Å². The number of hydrogen-bond acceptors (Lipinski definition) is 6. The summed E-state index contributed by atoms with van der Waals surface area (Å²) in [5, 5.41) is 10.5. The Bertz CT molecular complexity index is 1170. The number of nitrogens with zero attached hydrogens (tertiary/aromatic N) is 1. The quantitative estimate of drug-likeness (QED) is 0.297. The lowest BCUT2D eigenvalue weighted by Gasteiger charge is -2.33. The van der Waals surface area contributed by atoms with Gasteiger partial charge in [0.1, 0.15) is 10.7 Å². The van der Waals surface area contributed by atoms with Gasteiger partial charge in [-0.25, -0.2) is 8.42 Å². The second-order valence-electron chi connectivity index (χ2n) is 8.52. The van der Waals surface area contributed by atoms with Gasteiger partial charge >= 0.3 is 0 Å².